The summed E-state index contributed by atoms with van der Waals surface area (Å²) in [6, 6.07) is 0. The maximum Gasteiger partial charge on any atom is -0.00941 e. The summed E-state index contributed by atoms with van der Waals surface area (Å²) in [4.78, 5) is 0. The third-order valence-electron chi connectivity index (χ3n) is 3.85. The van der Waals surface area contributed by atoms with Crippen molar-refractivity contribution in [2.45, 2.75) is 38.5 Å². The normalized spacial score (nSPS) is 42.0. The molecule has 0 amide bonds. The summed E-state index contributed by atoms with van der Waals surface area (Å²) < 4.78 is 0. The first kappa shape index (κ1) is 6.01. The van der Waals surface area contributed by atoms with E-state index in [-0.39, 0.29) is 0 Å². The summed E-state index contributed by atoms with van der Waals surface area (Å²) in [6.07, 6.45) is 8.76. The number of hydrogen-bond donors (Lipinski definition) is 0. The first-order valence-corrected chi connectivity index (χ1v) is 5.35. The molecule has 0 radical (unpaired) electrons. The summed E-state index contributed by atoms with van der Waals surface area (Å²) in [7, 11) is 0. The maximum atomic E-state index is 1.89. The SMILES string of the molecule is C1CC1=C1C[C@@H]1[C@H]1CC1=C1CC1. The van der Waals surface area contributed by atoms with Gasteiger partial charge in [-0.25, -0.2) is 0 Å². The molecule has 0 N–H and O–H groups in total. The standard InChI is InChI=1S/C12H14/c1-2-7(1)9-5-11(9)12-6-10(12)8-3-4-8/h11-12H,1-6H2/t11-,12-/m0/s1. The number of rotatable bonds is 1. The van der Waals surface area contributed by atoms with Crippen molar-refractivity contribution in [3.8, 4) is 0 Å². The van der Waals surface area contributed by atoms with Crippen LogP contribution in [0.15, 0.2) is 22.3 Å². The summed E-state index contributed by atoms with van der Waals surface area (Å²) in [5.74, 6) is 2.12. The second-order valence-electron chi connectivity index (χ2n) is 4.88. The molecule has 0 saturated heterocycles. The van der Waals surface area contributed by atoms with Gasteiger partial charge in [-0.05, 0) is 50.4 Å². The summed E-state index contributed by atoms with van der Waals surface area (Å²) >= 11 is 0. The molecule has 2 atom stereocenters. The monoisotopic (exact) mass is 158 g/mol. The van der Waals surface area contributed by atoms with Crippen molar-refractivity contribution < 1.29 is 0 Å². The van der Waals surface area contributed by atoms with E-state index in [9.17, 15) is 0 Å². The van der Waals surface area contributed by atoms with Crippen LogP contribution in [0.1, 0.15) is 38.5 Å². The van der Waals surface area contributed by atoms with Gasteiger partial charge in [0.15, 0.2) is 0 Å². The topological polar surface area (TPSA) is 0 Å². The molecule has 0 heteroatoms. The zero-order valence-corrected chi connectivity index (χ0v) is 7.40. The first-order chi connectivity index (χ1) is 5.93. The second-order valence-corrected chi connectivity index (χ2v) is 4.88. The van der Waals surface area contributed by atoms with Crippen LogP contribution in [0, 0.1) is 11.8 Å². The fraction of sp³-hybridized carbons (Fsp3) is 0.667. The third kappa shape index (κ3) is 0.784. The molecule has 0 heterocycles. The molecule has 0 unspecified atom stereocenters. The highest BCUT2D eigenvalue weighted by Crippen LogP contribution is 2.63. The van der Waals surface area contributed by atoms with Gasteiger partial charge in [0.25, 0.3) is 0 Å². The molecular weight excluding hydrogens is 144 g/mol. The van der Waals surface area contributed by atoms with Gasteiger partial charge in [0.2, 0.25) is 0 Å². The summed E-state index contributed by atoms with van der Waals surface area (Å²) in [6.45, 7) is 0. The summed E-state index contributed by atoms with van der Waals surface area (Å²) in [5.41, 5.74) is 7.45. The molecule has 0 spiro atoms. The molecule has 12 heavy (non-hydrogen) atoms. The highest BCUT2D eigenvalue weighted by molar-refractivity contribution is 5.46. The Labute approximate surface area is 73.4 Å². The lowest BCUT2D eigenvalue weighted by Crippen LogP contribution is -1.76. The van der Waals surface area contributed by atoms with Crippen LogP contribution in [0.2, 0.25) is 0 Å². The van der Waals surface area contributed by atoms with Crippen molar-refractivity contribution in [3.05, 3.63) is 22.3 Å². The van der Waals surface area contributed by atoms with E-state index in [4.69, 9.17) is 0 Å². The zero-order chi connectivity index (χ0) is 7.71. The third-order valence-corrected chi connectivity index (χ3v) is 3.85. The minimum absolute atomic E-state index is 1.06. The van der Waals surface area contributed by atoms with Gasteiger partial charge in [0, 0.05) is 0 Å². The average molecular weight is 158 g/mol. The zero-order valence-electron chi connectivity index (χ0n) is 7.40. The molecule has 4 saturated carbocycles. The minimum atomic E-state index is 1.06. The van der Waals surface area contributed by atoms with Crippen LogP contribution >= 0.6 is 0 Å². The average Bonchev–Trinajstić information content (AvgIpc) is 2.81. The Morgan fingerprint density at radius 1 is 0.667 bits per heavy atom. The van der Waals surface area contributed by atoms with Gasteiger partial charge in [-0.3, -0.25) is 0 Å². The van der Waals surface area contributed by atoms with Crippen LogP contribution in [-0.4, -0.2) is 0 Å². The van der Waals surface area contributed by atoms with E-state index in [0.29, 0.717) is 0 Å². The van der Waals surface area contributed by atoms with E-state index in [1.807, 2.05) is 22.3 Å². The van der Waals surface area contributed by atoms with E-state index < -0.39 is 0 Å². The van der Waals surface area contributed by atoms with Gasteiger partial charge in [-0.15, -0.1) is 0 Å². The Morgan fingerprint density at radius 3 is 1.42 bits per heavy atom. The van der Waals surface area contributed by atoms with Crippen molar-refractivity contribution in [2.75, 3.05) is 0 Å². The molecular formula is C12H14. The molecule has 0 aliphatic heterocycles. The molecule has 4 aliphatic carbocycles. The number of hydrogen-bond acceptors (Lipinski definition) is 0. The van der Waals surface area contributed by atoms with Crippen LogP contribution in [-0.2, 0) is 0 Å². The van der Waals surface area contributed by atoms with E-state index in [1.54, 1.807) is 0 Å². The van der Waals surface area contributed by atoms with Crippen molar-refractivity contribution in [2.24, 2.45) is 11.8 Å². The molecule has 0 aromatic carbocycles. The Kier molecular flexibility index (Phi) is 0.856. The van der Waals surface area contributed by atoms with Crippen molar-refractivity contribution in [1.82, 2.24) is 0 Å². The second kappa shape index (κ2) is 1.71. The van der Waals surface area contributed by atoms with E-state index in [1.165, 1.54) is 38.5 Å². The van der Waals surface area contributed by atoms with Crippen LogP contribution < -0.4 is 0 Å². The Morgan fingerprint density at radius 2 is 1.08 bits per heavy atom. The minimum Gasteiger partial charge on any atom is -0.0700 e. The van der Waals surface area contributed by atoms with Gasteiger partial charge in [0.1, 0.15) is 0 Å². The van der Waals surface area contributed by atoms with Crippen LogP contribution in [0.3, 0.4) is 0 Å². The molecule has 0 nitrogen and oxygen atoms in total. The van der Waals surface area contributed by atoms with E-state index in [2.05, 4.69) is 0 Å². The van der Waals surface area contributed by atoms with E-state index in [0.717, 1.165) is 11.8 Å². The first-order valence-electron chi connectivity index (χ1n) is 5.35. The van der Waals surface area contributed by atoms with Gasteiger partial charge in [-0.2, -0.15) is 0 Å². The molecule has 0 aromatic heterocycles. The van der Waals surface area contributed by atoms with Crippen LogP contribution in [0.5, 0.6) is 0 Å². The van der Waals surface area contributed by atoms with Gasteiger partial charge < -0.3 is 0 Å². The van der Waals surface area contributed by atoms with Crippen molar-refractivity contribution in [3.63, 3.8) is 0 Å². The Balaban J connectivity index is 1.56. The van der Waals surface area contributed by atoms with Crippen molar-refractivity contribution >= 4 is 0 Å². The quantitative estimate of drug-likeness (QED) is 0.514. The largest absolute Gasteiger partial charge is 0.0700 e. The Bertz CT molecular complexity index is 284. The molecule has 62 valence electrons. The molecule has 4 fully saturated rings. The summed E-state index contributed by atoms with van der Waals surface area (Å²) in [5, 5.41) is 0. The molecule has 4 rings (SSSR count). The van der Waals surface area contributed by atoms with Gasteiger partial charge in [0.05, 0.1) is 0 Å². The van der Waals surface area contributed by atoms with Crippen molar-refractivity contribution in [1.29, 1.82) is 0 Å². The molecule has 0 bridgehead atoms. The lowest BCUT2D eigenvalue weighted by atomic mass is 10.2. The van der Waals surface area contributed by atoms with Gasteiger partial charge in [-0.1, -0.05) is 22.3 Å². The number of allylic oxidation sites excluding steroid dienone is 4. The molecule has 0 aromatic rings. The molecule has 4 aliphatic rings. The lowest BCUT2D eigenvalue weighted by molar-refractivity contribution is 0.765. The smallest absolute Gasteiger partial charge is 0.00941 e. The highest BCUT2D eigenvalue weighted by Gasteiger charge is 2.50. The lowest BCUT2D eigenvalue weighted by Gasteiger charge is -1.83. The predicted molar refractivity (Wildman–Crippen MR) is 48.7 cm³/mol. The van der Waals surface area contributed by atoms with E-state index >= 15 is 0 Å². The predicted octanol–water partition coefficient (Wildman–Crippen LogP) is 3.21. The fourth-order valence-corrected chi connectivity index (χ4v) is 2.71. The van der Waals surface area contributed by atoms with Crippen LogP contribution in [0.4, 0.5) is 0 Å². The highest BCUT2D eigenvalue weighted by atomic mass is 14.5. The fourth-order valence-electron chi connectivity index (χ4n) is 2.71. The van der Waals surface area contributed by atoms with Gasteiger partial charge >= 0.3 is 0 Å². The Hall–Kier alpha value is -0.520. The maximum absolute atomic E-state index is 1.89. The van der Waals surface area contributed by atoms with Crippen LogP contribution in [0.25, 0.3) is 0 Å².